The summed E-state index contributed by atoms with van der Waals surface area (Å²) < 4.78 is 44.1. The van der Waals surface area contributed by atoms with Crippen LogP contribution < -0.4 is 10.6 Å². The van der Waals surface area contributed by atoms with Gasteiger partial charge in [-0.3, -0.25) is 19.4 Å². The Morgan fingerprint density at radius 1 is 1.33 bits per heavy atom. The first-order valence-corrected chi connectivity index (χ1v) is 7.52. The number of aromatic nitrogens is 4. The van der Waals surface area contributed by atoms with Gasteiger partial charge in [0.1, 0.15) is 17.1 Å². The van der Waals surface area contributed by atoms with E-state index >= 15 is 0 Å². The topological polar surface area (TPSA) is 118 Å². The van der Waals surface area contributed by atoms with Gasteiger partial charge in [-0.1, -0.05) is 0 Å². The zero-order valence-electron chi connectivity index (χ0n) is 13.8. The molecule has 3 N–H and O–H groups in total. The zero-order chi connectivity index (χ0) is 19.6. The van der Waals surface area contributed by atoms with Gasteiger partial charge in [-0.25, -0.2) is 0 Å². The van der Waals surface area contributed by atoms with Gasteiger partial charge in [-0.15, -0.1) is 0 Å². The van der Waals surface area contributed by atoms with Gasteiger partial charge in [0.25, 0.3) is 11.8 Å². The maximum atomic E-state index is 12.6. The molecule has 0 saturated heterocycles. The number of furan rings is 1. The molecule has 0 aliphatic heterocycles. The van der Waals surface area contributed by atoms with E-state index in [4.69, 9.17) is 4.42 Å². The summed E-state index contributed by atoms with van der Waals surface area (Å²) >= 11 is 0. The number of H-pyrrole nitrogens is 1. The van der Waals surface area contributed by atoms with Crippen molar-refractivity contribution >= 4 is 17.5 Å². The third-order valence-electron chi connectivity index (χ3n) is 3.52. The van der Waals surface area contributed by atoms with Crippen molar-refractivity contribution in [3.05, 3.63) is 53.5 Å². The normalized spacial score (nSPS) is 11.4. The third kappa shape index (κ3) is 3.99. The summed E-state index contributed by atoms with van der Waals surface area (Å²) in [5.74, 6) is -0.957. The summed E-state index contributed by atoms with van der Waals surface area (Å²) in [4.78, 5) is 24.5. The number of alkyl halides is 3. The van der Waals surface area contributed by atoms with Crippen molar-refractivity contribution < 1.29 is 27.2 Å². The molecule has 0 atom stereocenters. The molecule has 0 radical (unpaired) electrons. The SMILES string of the molecule is Cn1ncc(NC(=O)c2cc(C(F)(F)F)[nH]n2)c1C(=O)NCc1ccco1. The molecule has 9 nitrogen and oxygen atoms in total. The molecule has 0 fully saturated rings. The second-order valence-corrected chi connectivity index (χ2v) is 5.41. The maximum absolute atomic E-state index is 12.6. The Balaban J connectivity index is 1.73. The lowest BCUT2D eigenvalue weighted by Gasteiger charge is -2.07. The molecule has 0 unspecified atom stereocenters. The van der Waals surface area contributed by atoms with Gasteiger partial charge in [0, 0.05) is 13.1 Å². The highest BCUT2D eigenvalue weighted by atomic mass is 19.4. The lowest BCUT2D eigenvalue weighted by atomic mass is 10.3. The molecular formula is C15H13F3N6O3. The molecule has 2 amide bonds. The molecule has 12 heteroatoms. The van der Waals surface area contributed by atoms with Crippen LogP contribution >= 0.6 is 0 Å². The van der Waals surface area contributed by atoms with E-state index in [0.29, 0.717) is 11.8 Å². The van der Waals surface area contributed by atoms with E-state index in [2.05, 4.69) is 20.8 Å². The summed E-state index contributed by atoms with van der Waals surface area (Å²) in [7, 11) is 1.48. The third-order valence-corrected chi connectivity index (χ3v) is 3.52. The first-order chi connectivity index (χ1) is 12.8. The number of carbonyl (C=O) groups is 2. The number of hydrogen-bond donors (Lipinski definition) is 3. The fourth-order valence-electron chi connectivity index (χ4n) is 2.23. The van der Waals surface area contributed by atoms with Crippen LogP contribution in [0.3, 0.4) is 0 Å². The molecule has 3 heterocycles. The van der Waals surface area contributed by atoms with Crippen LogP contribution in [0.25, 0.3) is 0 Å². The monoisotopic (exact) mass is 382 g/mol. The molecular weight excluding hydrogens is 369 g/mol. The van der Waals surface area contributed by atoms with E-state index in [1.54, 1.807) is 17.2 Å². The highest BCUT2D eigenvalue weighted by Crippen LogP contribution is 2.27. The molecule has 3 aromatic heterocycles. The largest absolute Gasteiger partial charge is 0.467 e. The van der Waals surface area contributed by atoms with Gasteiger partial charge in [-0.05, 0) is 12.1 Å². The number of amides is 2. The number of anilines is 1. The Labute approximate surface area is 149 Å². The molecule has 3 aromatic rings. The number of hydrogen-bond acceptors (Lipinski definition) is 5. The first-order valence-electron chi connectivity index (χ1n) is 7.52. The van der Waals surface area contributed by atoms with Crippen molar-refractivity contribution in [3.8, 4) is 0 Å². The fourth-order valence-corrected chi connectivity index (χ4v) is 2.23. The number of aromatic amines is 1. The number of halogens is 3. The van der Waals surface area contributed by atoms with Crippen LogP contribution in [0, 0.1) is 0 Å². The van der Waals surface area contributed by atoms with Gasteiger partial charge in [0.2, 0.25) is 0 Å². The van der Waals surface area contributed by atoms with Crippen LogP contribution in [0.2, 0.25) is 0 Å². The molecule has 0 aliphatic rings. The Morgan fingerprint density at radius 2 is 2.11 bits per heavy atom. The fraction of sp³-hybridized carbons (Fsp3) is 0.200. The number of carbonyl (C=O) groups excluding carboxylic acids is 2. The summed E-state index contributed by atoms with van der Waals surface area (Å²) in [5, 5.41) is 13.9. The van der Waals surface area contributed by atoms with Crippen molar-refractivity contribution in [1.29, 1.82) is 0 Å². The van der Waals surface area contributed by atoms with Gasteiger partial charge >= 0.3 is 6.18 Å². The van der Waals surface area contributed by atoms with Crippen molar-refractivity contribution in [1.82, 2.24) is 25.3 Å². The predicted molar refractivity (Wildman–Crippen MR) is 84.6 cm³/mol. The Bertz CT molecular complexity index is 958. The van der Waals surface area contributed by atoms with E-state index in [9.17, 15) is 22.8 Å². The quantitative estimate of drug-likeness (QED) is 0.623. The van der Waals surface area contributed by atoms with Crippen LogP contribution in [-0.2, 0) is 19.8 Å². The minimum absolute atomic E-state index is 0.0153. The first kappa shape index (κ1) is 18.2. The predicted octanol–water partition coefficient (Wildman–Crippen LogP) is 1.94. The number of nitrogens with one attached hydrogen (secondary N) is 3. The summed E-state index contributed by atoms with van der Waals surface area (Å²) in [5.41, 5.74) is -1.60. The minimum Gasteiger partial charge on any atom is -0.467 e. The van der Waals surface area contributed by atoms with Crippen molar-refractivity contribution in [2.75, 3.05) is 5.32 Å². The van der Waals surface area contributed by atoms with Crippen LogP contribution in [0.5, 0.6) is 0 Å². The smallest absolute Gasteiger partial charge is 0.432 e. The number of nitrogens with zero attached hydrogens (tertiary/aromatic N) is 3. The second-order valence-electron chi connectivity index (χ2n) is 5.41. The van der Waals surface area contributed by atoms with Gasteiger partial charge in [0.15, 0.2) is 5.69 Å². The van der Waals surface area contributed by atoms with Gasteiger partial charge < -0.3 is 15.1 Å². The summed E-state index contributed by atoms with van der Waals surface area (Å²) in [6, 6.07) is 3.90. The average molecular weight is 382 g/mol. The standard InChI is InChI=1S/C15H13F3N6O3/c1-24-12(14(26)19-6-8-3-2-4-27-8)10(7-20-24)21-13(25)9-5-11(23-22-9)15(16,17)18/h2-5,7H,6H2,1H3,(H,19,26)(H,21,25)(H,22,23). The van der Waals surface area contributed by atoms with Crippen LogP contribution in [0.1, 0.15) is 32.4 Å². The van der Waals surface area contributed by atoms with E-state index in [-0.39, 0.29) is 17.9 Å². The van der Waals surface area contributed by atoms with Crippen molar-refractivity contribution in [2.24, 2.45) is 7.05 Å². The Morgan fingerprint density at radius 3 is 2.74 bits per heavy atom. The van der Waals surface area contributed by atoms with Gasteiger partial charge in [0.05, 0.1) is 24.7 Å². The molecule has 0 spiro atoms. The van der Waals surface area contributed by atoms with Crippen LogP contribution in [0.4, 0.5) is 18.9 Å². The van der Waals surface area contributed by atoms with E-state index in [1.165, 1.54) is 24.2 Å². The summed E-state index contributed by atoms with van der Waals surface area (Å²) in [6.07, 6.45) is -2.00. The molecule has 0 bridgehead atoms. The van der Waals surface area contributed by atoms with E-state index < -0.39 is 29.4 Å². The molecule has 0 aliphatic carbocycles. The maximum Gasteiger partial charge on any atom is 0.432 e. The molecule has 142 valence electrons. The lowest BCUT2D eigenvalue weighted by Crippen LogP contribution is -2.26. The summed E-state index contributed by atoms with van der Waals surface area (Å²) in [6.45, 7) is 0.110. The van der Waals surface area contributed by atoms with Crippen molar-refractivity contribution in [3.63, 3.8) is 0 Å². The molecule has 0 saturated carbocycles. The highest BCUT2D eigenvalue weighted by Gasteiger charge is 2.34. The molecule has 27 heavy (non-hydrogen) atoms. The average Bonchev–Trinajstić information content (AvgIpc) is 3.33. The van der Waals surface area contributed by atoms with E-state index in [0.717, 1.165) is 0 Å². The molecule has 3 rings (SSSR count). The Kier molecular flexibility index (Phi) is 4.71. The zero-order valence-corrected chi connectivity index (χ0v) is 13.8. The number of rotatable bonds is 5. The van der Waals surface area contributed by atoms with Crippen molar-refractivity contribution in [2.45, 2.75) is 12.7 Å². The highest BCUT2D eigenvalue weighted by molar-refractivity contribution is 6.07. The minimum atomic E-state index is -4.66. The lowest BCUT2D eigenvalue weighted by molar-refractivity contribution is -0.141. The van der Waals surface area contributed by atoms with E-state index in [1.807, 2.05) is 0 Å². The molecule has 0 aromatic carbocycles. The second kappa shape index (κ2) is 6.97. The number of aryl methyl sites for hydroxylation is 1. The van der Waals surface area contributed by atoms with Crippen LogP contribution in [-0.4, -0.2) is 31.8 Å². The van der Waals surface area contributed by atoms with Crippen LogP contribution in [0.15, 0.2) is 35.1 Å². The Hall–Kier alpha value is -3.57. The van der Waals surface area contributed by atoms with Gasteiger partial charge in [-0.2, -0.15) is 23.4 Å².